The average molecular weight is 481 g/mol. The second kappa shape index (κ2) is 11.5. The van der Waals surface area contributed by atoms with E-state index in [2.05, 4.69) is 27.5 Å². The molecular weight excluding hydrogens is 459 g/mol. The highest BCUT2D eigenvalue weighted by atomic mass is 127. The summed E-state index contributed by atoms with van der Waals surface area (Å²) in [6.07, 6.45) is 2.94. The molecule has 0 unspecified atom stereocenters. The molecule has 1 aromatic carbocycles. The lowest BCUT2D eigenvalue weighted by atomic mass is 10.3. The van der Waals surface area contributed by atoms with Gasteiger partial charge in [-0.3, -0.25) is 4.99 Å². The first-order chi connectivity index (χ1) is 11.2. The minimum absolute atomic E-state index is 0. The van der Waals surface area contributed by atoms with Gasteiger partial charge in [-0.05, 0) is 18.6 Å². The van der Waals surface area contributed by atoms with Crippen molar-refractivity contribution in [2.24, 2.45) is 4.99 Å². The van der Waals surface area contributed by atoms with Crippen LogP contribution in [-0.2, 0) is 13.0 Å². The van der Waals surface area contributed by atoms with Gasteiger partial charge >= 0.3 is 0 Å². The highest BCUT2D eigenvalue weighted by Crippen LogP contribution is 2.22. The molecule has 0 fully saturated rings. The van der Waals surface area contributed by atoms with Crippen LogP contribution >= 0.6 is 46.9 Å². The molecule has 0 radical (unpaired) electrons. The number of rotatable bonds is 7. The van der Waals surface area contributed by atoms with E-state index in [-0.39, 0.29) is 24.0 Å². The number of guanidine groups is 1. The Kier molecular flexibility index (Phi) is 10.0. The fourth-order valence-corrected chi connectivity index (χ4v) is 2.86. The van der Waals surface area contributed by atoms with Gasteiger partial charge in [0.05, 0.1) is 18.1 Å². The number of hydrogen-bond donors (Lipinski definition) is 2. The molecule has 2 rings (SSSR count). The summed E-state index contributed by atoms with van der Waals surface area (Å²) in [6, 6.07) is 7.43. The Balaban J connectivity index is 0.00000288. The van der Waals surface area contributed by atoms with E-state index in [0.717, 1.165) is 17.4 Å². The molecule has 0 saturated heterocycles. The Labute approximate surface area is 168 Å². The average Bonchev–Trinajstić information content (AvgIpc) is 3.04. The van der Waals surface area contributed by atoms with Crippen LogP contribution < -0.4 is 15.4 Å². The lowest BCUT2D eigenvalue weighted by Crippen LogP contribution is -2.38. The molecule has 8 heteroatoms. The Morgan fingerprint density at radius 1 is 1.33 bits per heavy atom. The number of nitrogens with one attached hydrogen (secondary N) is 2. The van der Waals surface area contributed by atoms with Crippen LogP contribution in [0, 0.1) is 0 Å². The second-order valence-corrected chi connectivity index (χ2v) is 6.31. The van der Waals surface area contributed by atoms with E-state index < -0.39 is 0 Å². The largest absolute Gasteiger partial charge is 0.490 e. The zero-order valence-corrected chi connectivity index (χ0v) is 17.6. The van der Waals surface area contributed by atoms with Crippen LogP contribution in [0.4, 0.5) is 0 Å². The van der Waals surface area contributed by atoms with Crippen molar-refractivity contribution >= 4 is 52.9 Å². The van der Waals surface area contributed by atoms with Crippen molar-refractivity contribution in [3.8, 4) is 5.75 Å². The van der Waals surface area contributed by atoms with Gasteiger partial charge < -0.3 is 15.4 Å². The van der Waals surface area contributed by atoms with Gasteiger partial charge in [-0.1, -0.05) is 30.7 Å². The number of para-hydroxylation sites is 1. The molecule has 0 spiro atoms. The van der Waals surface area contributed by atoms with Gasteiger partial charge in [0.25, 0.3) is 0 Å². The number of benzene rings is 1. The van der Waals surface area contributed by atoms with Crippen LogP contribution in [0.25, 0.3) is 0 Å². The first-order valence-corrected chi connectivity index (χ1v) is 8.67. The molecule has 24 heavy (non-hydrogen) atoms. The molecule has 1 aromatic heterocycles. The van der Waals surface area contributed by atoms with Crippen LogP contribution in [0.3, 0.4) is 0 Å². The predicted octanol–water partition coefficient (Wildman–Crippen LogP) is 3.72. The maximum Gasteiger partial charge on any atom is 0.191 e. The molecule has 1 heterocycles. The monoisotopic (exact) mass is 480 g/mol. The number of halogens is 2. The molecule has 132 valence electrons. The maximum absolute atomic E-state index is 6.04. The molecule has 0 aliphatic heterocycles. The summed E-state index contributed by atoms with van der Waals surface area (Å²) >= 11 is 7.75. The molecule has 0 aliphatic rings. The third-order valence-corrected chi connectivity index (χ3v) is 4.52. The normalized spacial score (nSPS) is 10.9. The third kappa shape index (κ3) is 6.82. The Bertz CT molecular complexity index is 651. The van der Waals surface area contributed by atoms with Crippen molar-refractivity contribution < 1.29 is 4.74 Å². The fraction of sp³-hybridized carbons (Fsp3) is 0.375. The van der Waals surface area contributed by atoms with E-state index >= 15 is 0 Å². The predicted molar refractivity (Wildman–Crippen MR) is 112 cm³/mol. The lowest BCUT2D eigenvalue weighted by Gasteiger charge is -2.12. The smallest absolute Gasteiger partial charge is 0.191 e. The summed E-state index contributed by atoms with van der Waals surface area (Å²) in [5.74, 6) is 1.41. The molecule has 2 N–H and O–H groups in total. The third-order valence-electron chi connectivity index (χ3n) is 3.07. The van der Waals surface area contributed by atoms with Gasteiger partial charge in [0.1, 0.15) is 17.4 Å². The Hall–Kier alpha value is -1.06. The first-order valence-electron chi connectivity index (χ1n) is 7.48. The molecule has 0 amide bonds. The van der Waals surface area contributed by atoms with E-state index in [9.17, 15) is 0 Å². The minimum Gasteiger partial charge on any atom is -0.490 e. The molecule has 0 atom stereocenters. The van der Waals surface area contributed by atoms with Gasteiger partial charge in [-0.15, -0.1) is 35.3 Å². The topological polar surface area (TPSA) is 58.5 Å². The number of nitrogens with zero attached hydrogens (tertiary/aromatic N) is 2. The highest BCUT2D eigenvalue weighted by molar-refractivity contribution is 14.0. The van der Waals surface area contributed by atoms with E-state index in [1.165, 1.54) is 4.88 Å². The van der Waals surface area contributed by atoms with Gasteiger partial charge in [-0.2, -0.15) is 0 Å². The molecular formula is C16H22ClIN4OS. The Morgan fingerprint density at radius 3 is 2.79 bits per heavy atom. The molecule has 0 aliphatic carbocycles. The number of ether oxygens (including phenoxy) is 1. The Morgan fingerprint density at radius 2 is 2.12 bits per heavy atom. The number of thiazole rings is 1. The van der Waals surface area contributed by atoms with Crippen LogP contribution in [-0.4, -0.2) is 31.1 Å². The summed E-state index contributed by atoms with van der Waals surface area (Å²) in [5.41, 5.74) is 0. The maximum atomic E-state index is 6.04. The van der Waals surface area contributed by atoms with Crippen LogP contribution in [0.2, 0.25) is 5.02 Å². The van der Waals surface area contributed by atoms with Crippen LogP contribution in [0.15, 0.2) is 35.5 Å². The number of aromatic nitrogens is 1. The van der Waals surface area contributed by atoms with Gasteiger partial charge in [0.2, 0.25) is 0 Å². The molecule has 0 bridgehead atoms. The summed E-state index contributed by atoms with van der Waals surface area (Å²) in [6.45, 7) is 3.92. The number of aliphatic imine (C=N–C) groups is 1. The SMILES string of the molecule is CCc1cnc(CNC(=NC)NCCOc2ccccc2Cl)s1.I. The molecule has 0 saturated carbocycles. The zero-order valence-electron chi connectivity index (χ0n) is 13.7. The van der Waals surface area contributed by atoms with E-state index in [0.29, 0.717) is 30.5 Å². The highest BCUT2D eigenvalue weighted by Gasteiger charge is 2.03. The second-order valence-electron chi connectivity index (χ2n) is 4.71. The van der Waals surface area contributed by atoms with E-state index in [1.54, 1.807) is 18.4 Å². The van der Waals surface area contributed by atoms with E-state index in [4.69, 9.17) is 16.3 Å². The van der Waals surface area contributed by atoms with Crippen molar-refractivity contribution in [2.75, 3.05) is 20.2 Å². The van der Waals surface area contributed by atoms with Crippen molar-refractivity contribution in [3.05, 3.63) is 45.4 Å². The standard InChI is InChI=1S/C16H21ClN4OS.HI/c1-3-12-10-20-15(23-12)11-21-16(18-2)19-8-9-22-14-7-5-4-6-13(14)17;/h4-7,10H,3,8-9,11H2,1-2H3,(H2,18,19,21);1H. The summed E-state index contributed by atoms with van der Waals surface area (Å²) < 4.78 is 5.62. The summed E-state index contributed by atoms with van der Waals surface area (Å²) in [5, 5.41) is 8.11. The van der Waals surface area contributed by atoms with Gasteiger partial charge in [-0.25, -0.2) is 4.98 Å². The van der Waals surface area contributed by atoms with Crippen LogP contribution in [0.1, 0.15) is 16.8 Å². The molecule has 2 aromatic rings. The van der Waals surface area contributed by atoms with Crippen molar-refractivity contribution in [1.29, 1.82) is 0 Å². The number of hydrogen-bond acceptors (Lipinski definition) is 4. The lowest BCUT2D eigenvalue weighted by molar-refractivity contribution is 0.322. The van der Waals surface area contributed by atoms with E-state index in [1.807, 2.05) is 30.5 Å². The fourth-order valence-electron chi connectivity index (χ4n) is 1.87. The summed E-state index contributed by atoms with van der Waals surface area (Å²) in [7, 11) is 1.74. The van der Waals surface area contributed by atoms with Crippen molar-refractivity contribution in [1.82, 2.24) is 15.6 Å². The van der Waals surface area contributed by atoms with Crippen LogP contribution in [0.5, 0.6) is 5.75 Å². The van der Waals surface area contributed by atoms with Gasteiger partial charge in [0.15, 0.2) is 5.96 Å². The van der Waals surface area contributed by atoms with Crippen molar-refractivity contribution in [3.63, 3.8) is 0 Å². The van der Waals surface area contributed by atoms with Crippen molar-refractivity contribution in [2.45, 2.75) is 19.9 Å². The summed E-state index contributed by atoms with van der Waals surface area (Å²) in [4.78, 5) is 9.84. The van der Waals surface area contributed by atoms with Gasteiger partial charge in [0, 0.05) is 18.1 Å². The zero-order chi connectivity index (χ0) is 16.5. The minimum atomic E-state index is 0. The molecule has 5 nitrogen and oxygen atoms in total. The first kappa shape index (κ1) is 21.0. The number of aryl methyl sites for hydroxylation is 1. The quantitative estimate of drug-likeness (QED) is 0.274.